The highest BCUT2D eigenvalue weighted by atomic mass is 16.5. The van der Waals surface area contributed by atoms with E-state index in [9.17, 15) is 4.79 Å². The topological polar surface area (TPSA) is 56.0 Å². The third kappa shape index (κ3) is 2.65. The molecule has 1 aromatic rings. The molecule has 0 spiro atoms. The average Bonchev–Trinajstić information content (AvgIpc) is 2.50. The van der Waals surface area contributed by atoms with Crippen LogP contribution in [-0.2, 0) is 11.2 Å². The predicted octanol–water partition coefficient (Wildman–Crippen LogP) is 1.96. The Balaban J connectivity index is 2.72. The number of carbonyl (C=O) groups excluding carboxylic acids is 1. The van der Waals surface area contributed by atoms with E-state index >= 15 is 0 Å². The summed E-state index contributed by atoms with van der Waals surface area (Å²) in [5, 5.41) is 3.82. The van der Waals surface area contributed by atoms with Crippen LogP contribution in [0.2, 0.25) is 0 Å². The van der Waals surface area contributed by atoms with Gasteiger partial charge in [-0.15, -0.1) is 0 Å². The van der Waals surface area contributed by atoms with Crippen molar-refractivity contribution in [2.45, 2.75) is 40.0 Å². The summed E-state index contributed by atoms with van der Waals surface area (Å²) in [4.78, 5) is 15.2. The predicted molar refractivity (Wildman–Crippen MR) is 51.9 cm³/mol. The van der Waals surface area contributed by atoms with Gasteiger partial charge in [0.25, 0.3) is 0 Å². The first-order chi connectivity index (χ1) is 6.50. The van der Waals surface area contributed by atoms with Crippen molar-refractivity contribution in [2.75, 3.05) is 0 Å². The lowest BCUT2D eigenvalue weighted by atomic mass is 10.1. The first-order valence-electron chi connectivity index (χ1n) is 4.83. The van der Waals surface area contributed by atoms with E-state index in [1.807, 2.05) is 0 Å². The number of Topliss-reactive ketones (excluding diaryl/α,β-unsaturated/α-hetero) is 1. The summed E-state index contributed by atoms with van der Waals surface area (Å²) in [5.74, 6) is 1.36. The molecule has 0 aliphatic carbocycles. The van der Waals surface area contributed by atoms with Crippen molar-refractivity contribution in [3.05, 3.63) is 11.7 Å². The minimum atomic E-state index is -0.289. The monoisotopic (exact) mass is 196 g/mol. The van der Waals surface area contributed by atoms with Crippen LogP contribution in [0.25, 0.3) is 0 Å². The maximum Gasteiger partial charge on any atom is 0.236 e. The molecule has 1 rings (SSSR count). The zero-order valence-electron chi connectivity index (χ0n) is 9.07. The van der Waals surface area contributed by atoms with Crippen LogP contribution in [0.3, 0.4) is 0 Å². The lowest BCUT2D eigenvalue weighted by Gasteiger charge is -1.98. The van der Waals surface area contributed by atoms with Gasteiger partial charge >= 0.3 is 0 Å². The molecule has 4 heteroatoms. The lowest BCUT2D eigenvalue weighted by Crippen LogP contribution is -2.05. The molecule has 0 aliphatic heterocycles. The van der Waals surface area contributed by atoms with Crippen LogP contribution in [0.1, 0.15) is 45.3 Å². The van der Waals surface area contributed by atoms with Gasteiger partial charge in [0.05, 0.1) is 5.92 Å². The quantitative estimate of drug-likeness (QED) is 0.738. The second kappa shape index (κ2) is 4.35. The molecule has 1 atom stereocenters. The molecule has 0 amide bonds. The van der Waals surface area contributed by atoms with Crippen LogP contribution in [0.4, 0.5) is 0 Å². The van der Waals surface area contributed by atoms with E-state index in [0.717, 1.165) is 6.42 Å². The van der Waals surface area contributed by atoms with Crippen LogP contribution in [0.5, 0.6) is 0 Å². The molecule has 14 heavy (non-hydrogen) atoms. The van der Waals surface area contributed by atoms with Gasteiger partial charge in [0, 0.05) is 6.42 Å². The third-order valence-electron chi connectivity index (χ3n) is 2.05. The van der Waals surface area contributed by atoms with Crippen molar-refractivity contribution >= 4 is 5.78 Å². The molecule has 0 saturated heterocycles. The minimum Gasteiger partial charge on any atom is -0.339 e. The van der Waals surface area contributed by atoms with E-state index in [1.165, 1.54) is 6.92 Å². The normalized spacial score (nSPS) is 13.2. The van der Waals surface area contributed by atoms with Crippen LogP contribution < -0.4 is 0 Å². The van der Waals surface area contributed by atoms with Crippen LogP contribution in [0, 0.1) is 5.92 Å². The fourth-order valence-corrected chi connectivity index (χ4v) is 1.07. The standard InChI is InChI=1S/C10H16N2O2/c1-6(2)5-9-11-10(14-12-9)7(3)8(4)13/h6-7H,5H2,1-4H3. The highest BCUT2D eigenvalue weighted by Crippen LogP contribution is 2.14. The summed E-state index contributed by atoms with van der Waals surface area (Å²) in [6, 6.07) is 0. The summed E-state index contributed by atoms with van der Waals surface area (Å²) >= 11 is 0. The summed E-state index contributed by atoms with van der Waals surface area (Å²) in [6.07, 6.45) is 0.786. The summed E-state index contributed by atoms with van der Waals surface area (Å²) < 4.78 is 5.01. The third-order valence-corrected chi connectivity index (χ3v) is 2.05. The van der Waals surface area contributed by atoms with Crippen LogP contribution in [0.15, 0.2) is 4.52 Å². The van der Waals surface area contributed by atoms with E-state index in [0.29, 0.717) is 17.6 Å². The molecule has 0 fully saturated rings. The fraction of sp³-hybridized carbons (Fsp3) is 0.700. The lowest BCUT2D eigenvalue weighted by molar-refractivity contribution is -0.118. The zero-order chi connectivity index (χ0) is 10.7. The van der Waals surface area contributed by atoms with Gasteiger partial charge in [-0.2, -0.15) is 4.98 Å². The molecule has 1 unspecified atom stereocenters. The van der Waals surface area contributed by atoms with Crippen molar-refractivity contribution in [2.24, 2.45) is 5.92 Å². The molecule has 0 saturated carbocycles. The smallest absolute Gasteiger partial charge is 0.236 e. The molecule has 0 N–H and O–H groups in total. The highest BCUT2D eigenvalue weighted by Gasteiger charge is 2.18. The van der Waals surface area contributed by atoms with Gasteiger partial charge in [0.15, 0.2) is 5.82 Å². The SMILES string of the molecule is CC(=O)C(C)c1nc(CC(C)C)no1. The Bertz CT molecular complexity index is 318. The molecule has 0 radical (unpaired) electrons. The van der Waals surface area contributed by atoms with Gasteiger partial charge in [-0.3, -0.25) is 4.79 Å². The Hall–Kier alpha value is -1.19. The summed E-state index contributed by atoms with van der Waals surface area (Å²) in [5.41, 5.74) is 0. The van der Waals surface area contributed by atoms with Gasteiger partial charge in [-0.1, -0.05) is 19.0 Å². The maximum absolute atomic E-state index is 11.0. The second-order valence-electron chi connectivity index (χ2n) is 3.98. The van der Waals surface area contributed by atoms with Crippen LogP contribution in [-0.4, -0.2) is 15.9 Å². The van der Waals surface area contributed by atoms with E-state index < -0.39 is 0 Å². The van der Waals surface area contributed by atoms with E-state index in [4.69, 9.17) is 4.52 Å². The number of rotatable bonds is 4. The molecule has 4 nitrogen and oxygen atoms in total. The van der Waals surface area contributed by atoms with Gasteiger partial charge in [-0.25, -0.2) is 0 Å². The first kappa shape index (κ1) is 10.9. The molecule has 0 bridgehead atoms. The Morgan fingerprint density at radius 3 is 2.57 bits per heavy atom. The van der Waals surface area contributed by atoms with Gasteiger partial charge < -0.3 is 4.52 Å². The molecule has 0 aliphatic rings. The summed E-state index contributed by atoms with van der Waals surface area (Å²) in [7, 11) is 0. The first-order valence-corrected chi connectivity index (χ1v) is 4.83. The van der Waals surface area contributed by atoms with E-state index in [1.54, 1.807) is 6.92 Å². The van der Waals surface area contributed by atoms with Gasteiger partial charge in [0.2, 0.25) is 5.89 Å². The van der Waals surface area contributed by atoms with Gasteiger partial charge in [-0.05, 0) is 19.8 Å². The Labute approximate surface area is 83.7 Å². The molecular formula is C10H16N2O2. The number of nitrogens with zero attached hydrogens (tertiary/aromatic N) is 2. The van der Waals surface area contributed by atoms with Crippen molar-refractivity contribution in [1.82, 2.24) is 10.1 Å². The van der Waals surface area contributed by atoms with Crippen LogP contribution >= 0.6 is 0 Å². The Morgan fingerprint density at radius 1 is 1.43 bits per heavy atom. The summed E-state index contributed by atoms with van der Waals surface area (Å²) in [6.45, 7) is 7.47. The maximum atomic E-state index is 11.0. The minimum absolute atomic E-state index is 0.0461. The van der Waals surface area contributed by atoms with Crippen molar-refractivity contribution in [1.29, 1.82) is 0 Å². The Kier molecular flexibility index (Phi) is 3.38. The molecule has 1 heterocycles. The Morgan fingerprint density at radius 2 is 2.07 bits per heavy atom. The van der Waals surface area contributed by atoms with Crippen molar-refractivity contribution in [3.63, 3.8) is 0 Å². The van der Waals surface area contributed by atoms with Crippen molar-refractivity contribution < 1.29 is 9.32 Å². The second-order valence-corrected chi connectivity index (χ2v) is 3.98. The number of aromatic nitrogens is 2. The number of hydrogen-bond acceptors (Lipinski definition) is 4. The fourth-order valence-electron chi connectivity index (χ4n) is 1.07. The highest BCUT2D eigenvalue weighted by molar-refractivity contribution is 5.81. The van der Waals surface area contributed by atoms with Gasteiger partial charge in [0.1, 0.15) is 5.78 Å². The molecular weight excluding hydrogens is 180 g/mol. The zero-order valence-corrected chi connectivity index (χ0v) is 9.07. The van der Waals surface area contributed by atoms with Crippen molar-refractivity contribution in [3.8, 4) is 0 Å². The number of carbonyl (C=O) groups is 1. The molecule has 1 aromatic heterocycles. The number of hydrogen-bond donors (Lipinski definition) is 0. The molecule has 78 valence electrons. The largest absolute Gasteiger partial charge is 0.339 e. The number of ketones is 1. The average molecular weight is 196 g/mol. The molecule has 0 aromatic carbocycles. The van der Waals surface area contributed by atoms with E-state index in [-0.39, 0.29) is 11.7 Å². The van der Waals surface area contributed by atoms with E-state index in [2.05, 4.69) is 24.0 Å².